The Morgan fingerprint density at radius 3 is 2.67 bits per heavy atom. The molecule has 1 aliphatic heterocycles. The average molecular weight is 364 g/mol. The van der Waals surface area contributed by atoms with Crippen molar-refractivity contribution in [2.75, 3.05) is 36.9 Å². The van der Waals surface area contributed by atoms with E-state index in [4.69, 9.17) is 0 Å². The fourth-order valence-corrected chi connectivity index (χ4v) is 3.46. The third-order valence-corrected chi connectivity index (χ3v) is 5.16. The van der Waals surface area contributed by atoms with Crippen LogP contribution in [0.5, 0.6) is 0 Å². The molecular weight excluding hydrogens is 336 g/mol. The van der Waals surface area contributed by atoms with Crippen molar-refractivity contribution in [1.29, 1.82) is 0 Å². The maximum Gasteiger partial charge on any atom is 0.246 e. The number of hydrogen-bond acceptors (Lipinski definition) is 5. The first-order chi connectivity index (χ1) is 13.1. The molecule has 27 heavy (non-hydrogen) atoms. The second kappa shape index (κ2) is 7.40. The molecule has 142 valence electrons. The number of aromatic nitrogens is 3. The van der Waals surface area contributed by atoms with Crippen LogP contribution in [0.15, 0.2) is 54.9 Å². The summed E-state index contributed by atoms with van der Waals surface area (Å²) in [5, 5.41) is 7.90. The largest absolute Gasteiger partial charge is 0.369 e. The molecule has 1 atom stereocenters. The lowest BCUT2D eigenvalue weighted by Gasteiger charge is -2.39. The van der Waals surface area contributed by atoms with E-state index in [2.05, 4.69) is 64.3 Å². The lowest BCUT2D eigenvalue weighted by Crippen LogP contribution is -2.50. The van der Waals surface area contributed by atoms with E-state index < -0.39 is 0 Å². The fourth-order valence-electron chi connectivity index (χ4n) is 3.46. The van der Waals surface area contributed by atoms with E-state index in [1.807, 2.05) is 30.3 Å². The molecule has 0 radical (unpaired) electrons. The summed E-state index contributed by atoms with van der Waals surface area (Å²) in [5.41, 5.74) is 4.49. The Morgan fingerprint density at radius 1 is 1.07 bits per heavy atom. The first kappa shape index (κ1) is 17.5. The van der Waals surface area contributed by atoms with Gasteiger partial charge in [-0.25, -0.2) is 4.68 Å². The lowest BCUT2D eigenvalue weighted by molar-refractivity contribution is 0.234. The monoisotopic (exact) mass is 364 g/mol. The van der Waals surface area contributed by atoms with Gasteiger partial charge in [0.2, 0.25) is 5.95 Å². The van der Waals surface area contributed by atoms with Crippen molar-refractivity contribution in [2.24, 2.45) is 0 Å². The van der Waals surface area contributed by atoms with Crippen molar-refractivity contribution in [1.82, 2.24) is 19.7 Å². The summed E-state index contributed by atoms with van der Waals surface area (Å²) in [5.74, 6) is 0.599. The van der Waals surface area contributed by atoms with Crippen molar-refractivity contribution in [3.63, 3.8) is 0 Å². The fraction of sp³-hybridized carbons (Fsp3) is 0.333. The van der Waals surface area contributed by atoms with Gasteiger partial charge in [-0.05, 0) is 56.8 Å². The van der Waals surface area contributed by atoms with Crippen LogP contribution in [0, 0.1) is 6.92 Å². The van der Waals surface area contributed by atoms with Gasteiger partial charge in [0.05, 0.1) is 5.69 Å². The second-order valence-electron chi connectivity index (χ2n) is 7.31. The van der Waals surface area contributed by atoms with Crippen LogP contribution in [-0.2, 0) is 0 Å². The number of likely N-dealkylation sites (N-methyl/N-ethyl adjacent to an activating group) is 1. The molecule has 2 heterocycles. The highest BCUT2D eigenvalue weighted by Gasteiger charge is 2.21. The van der Waals surface area contributed by atoms with Crippen molar-refractivity contribution in [2.45, 2.75) is 19.9 Å². The molecule has 4 rings (SSSR count). The number of piperazine rings is 1. The summed E-state index contributed by atoms with van der Waals surface area (Å²) in [7, 11) is 2.19. The number of nitrogens with one attached hydrogen (secondary N) is 1. The van der Waals surface area contributed by atoms with Gasteiger partial charge in [0.25, 0.3) is 0 Å². The van der Waals surface area contributed by atoms with E-state index in [0.29, 0.717) is 12.0 Å². The zero-order valence-electron chi connectivity index (χ0n) is 16.1. The summed E-state index contributed by atoms with van der Waals surface area (Å²) in [6.45, 7) is 7.58. The average Bonchev–Trinajstić information content (AvgIpc) is 3.13. The van der Waals surface area contributed by atoms with Crippen LogP contribution in [-0.4, -0.2) is 52.4 Å². The molecule has 1 N–H and O–H groups in total. The number of para-hydroxylation sites is 1. The summed E-state index contributed by atoms with van der Waals surface area (Å²) in [6, 6.07) is 17.1. The van der Waals surface area contributed by atoms with Gasteiger partial charge < -0.3 is 15.1 Å². The molecule has 1 fully saturated rings. The summed E-state index contributed by atoms with van der Waals surface area (Å²) in [6.07, 6.45) is 1.73. The van der Waals surface area contributed by atoms with E-state index in [1.165, 1.54) is 11.3 Å². The molecule has 0 amide bonds. The van der Waals surface area contributed by atoms with Gasteiger partial charge in [0, 0.05) is 38.5 Å². The summed E-state index contributed by atoms with van der Waals surface area (Å²) < 4.78 is 1.78. The van der Waals surface area contributed by atoms with Crippen molar-refractivity contribution in [3.8, 4) is 5.69 Å². The molecule has 0 aliphatic carbocycles. The highest BCUT2D eigenvalue weighted by molar-refractivity contribution is 5.64. The second-order valence-corrected chi connectivity index (χ2v) is 7.31. The normalized spacial score (nSPS) is 17.9. The first-order valence-electron chi connectivity index (χ1n) is 9.39. The first-order valence-corrected chi connectivity index (χ1v) is 9.39. The molecule has 1 unspecified atom stereocenters. The molecule has 0 bridgehead atoms. The molecule has 2 aromatic carbocycles. The Balaban J connectivity index is 0.00000225. The Bertz CT molecular complexity index is 910. The molecule has 0 saturated carbocycles. The number of rotatable bonds is 4. The Kier molecular flexibility index (Phi) is 4.81. The SMILES string of the molecule is Cc1cc(Nc2ncn(-c3ccccc3)n2)cc(N2CCN(C)C(C)C2)c1.[HH]. The zero-order valence-corrected chi connectivity index (χ0v) is 16.1. The minimum Gasteiger partial charge on any atom is -0.369 e. The van der Waals surface area contributed by atoms with Gasteiger partial charge in [-0.3, -0.25) is 0 Å². The third-order valence-electron chi connectivity index (χ3n) is 5.16. The lowest BCUT2D eigenvalue weighted by atomic mass is 10.1. The maximum absolute atomic E-state index is 4.54. The molecule has 6 heteroatoms. The highest BCUT2D eigenvalue weighted by Crippen LogP contribution is 2.26. The summed E-state index contributed by atoms with van der Waals surface area (Å²) in [4.78, 5) is 9.27. The molecular formula is C21H28N6. The van der Waals surface area contributed by atoms with E-state index in [0.717, 1.165) is 31.0 Å². The van der Waals surface area contributed by atoms with Crippen molar-refractivity contribution in [3.05, 3.63) is 60.4 Å². The van der Waals surface area contributed by atoms with Crippen molar-refractivity contribution < 1.29 is 1.43 Å². The maximum atomic E-state index is 4.54. The smallest absolute Gasteiger partial charge is 0.246 e. The van der Waals surface area contributed by atoms with Crippen LogP contribution in [0.2, 0.25) is 0 Å². The molecule has 6 nitrogen and oxygen atoms in total. The molecule has 1 saturated heterocycles. The number of benzene rings is 2. The Morgan fingerprint density at radius 2 is 1.89 bits per heavy atom. The number of hydrogen-bond donors (Lipinski definition) is 1. The predicted molar refractivity (Wildman–Crippen MR) is 112 cm³/mol. The molecule has 1 aromatic heterocycles. The van der Waals surface area contributed by atoms with Gasteiger partial charge >= 0.3 is 0 Å². The van der Waals surface area contributed by atoms with Crippen LogP contribution >= 0.6 is 0 Å². The van der Waals surface area contributed by atoms with E-state index in [1.54, 1.807) is 11.0 Å². The number of nitrogens with zero attached hydrogens (tertiary/aromatic N) is 5. The van der Waals surface area contributed by atoms with Gasteiger partial charge in [-0.1, -0.05) is 18.2 Å². The van der Waals surface area contributed by atoms with Crippen LogP contribution in [0.1, 0.15) is 13.9 Å². The summed E-state index contributed by atoms with van der Waals surface area (Å²) >= 11 is 0. The third kappa shape index (κ3) is 3.95. The number of aryl methyl sites for hydroxylation is 1. The van der Waals surface area contributed by atoms with Crippen molar-refractivity contribution >= 4 is 17.3 Å². The quantitative estimate of drug-likeness (QED) is 0.765. The van der Waals surface area contributed by atoms with Gasteiger partial charge in [0.15, 0.2) is 0 Å². The molecule has 3 aromatic rings. The standard InChI is InChI=1S/C21H26N6.H2/c1-16-11-18(13-20(12-16)26-10-9-25(3)17(2)14-26)23-21-22-15-27(24-21)19-7-5-4-6-8-19;/h4-8,11-13,15,17H,9-10,14H2,1-3H3,(H,23,24);1H. The van der Waals surface area contributed by atoms with Gasteiger partial charge in [-0.2, -0.15) is 4.98 Å². The van der Waals surface area contributed by atoms with Gasteiger partial charge in [-0.15, -0.1) is 5.10 Å². The molecule has 1 aliphatic rings. The van der Waals surface area contributed by atoms with Crippen LogP contribution in [0.4, 0.5) is 17.3 Å². The predicted octanol–water partition coefficient (Wildman–Crippen LogP) is 3.71. The Labute approximate surface area is 161 Å². The minimum atomic E-state index is 0. The minimum absolute atomic E-state index is 0. The number of anilines is 3. The van der Waals surface area contributed by atoms with E-state index >= 15 is 0 Å². The molecule has 0 spiro atoms. The van der Waals surface area contributed by atoms with E-state index in [-0.39, 0.29) is 1.43 Å². The van der Waals surface area contributed by atoms with E-state index in [9.17, 15) is 0 Å². The topological polar surface area (TPSA) is 49.2 Å². The van der Waals surface area contributed by atoms with Crippen LogP contribution in [0.25, 0.3) is 5.69 Å². The van der Waals surface area contributed by atoms with Crippen LogP contribution in [0.3, 0.4) is 0 Å². The van der Waals surface area contributed by atoms with Gasteiger partial charge in [0.1, 0.15) is 6.33 Å². The Hall–Kier alpha value is -2.86. The highest BCUT2D eigenvalue weighted by atomic mass is 15.4. The van der Waals surface area contributed by atoms with Crippen LogP contribution < -0.4 is 10.2 Å². The zero-order chi connectivity index (χ0) is 18.8.